The number of sulfone groups is 1. The Morgan fingerprint density at radius 2 is 1.43 bits per heavy atom. The van der Waals surface area contributed by atoms with Gasteiger partial charge in [0.25, 0.3) is 11.8 Å². The molecule has 3 N–H and O–H groups in total. The van der Waals surface area contributed by atoms with Gasteiger partial charge in [0.05, 0.1) is 24.9 Å². The van der Waals surface area contributed by atoms with Gasteiger partial charge in [-0.05, 0) is 48.5 Å². The summed E-state index contributed by atoms with van der Waals surface area (Å²) in [6, 6.07) is 17.5. The van der Waals surface area contributed by atoms with Gasteiger partial charge in [-0.3, -0.25) is 14.8 Å². The highest BCUT2D eigenvalue weighted by molar-refractivity contribution is 7.91. The van der Waals surface area contributed by atoms with Crippen molar-refractivity contribution in [2.75, 3.05) is 20.0 Å². The molecule has 3 aromatic carbocycles. The highest BCUT2D eigenvalue weighted by Crippen LogP contribution is 2.28. The summed E-state index contributed by atoms with van der Waals surface area (Å²) in [5, 5.41) is 11.5. The molecule has 3 aromatic rings. The number of hydrogen-bond donors (Lipinski definition) is 3. The molecule has 184 valence electrons. The summed E-state index contributed by atoms with van der Waals surface area (Å²) in [7, 11) is -1.38. The second-order valence-corrected chi connectivity index (χ2v) is 9.24. The molecular formula is C24H24N2O8S. The molecule has 3 rings (SSSR count). The number of para-hydroxylation sites is 1. The minimum absolute atomic E-state index is 0.0342. The van der Waals surface area contributed by atoms with Gasteiger partial charge in [-0.15, -0.1) is 0 Å². The quantitative estimate of drug-likeness (QED) is 0.285. The third-order valence-electron chi connectivity index (χ3n) is 4.93. The van der Waals surface area contributed by atoms with Crippen LogP contribution in [0.25, 0.3) is 0 Å². The largest absolute Gasteiger partial charge is 0.496 e. The summed E-state index contributed by atoms with van der Waals surface area (Å²) in [6.07, 6.45) is 0. The van der Waals surface area contributed by atoms with Crippen LogP contribution in [0.2, 0.25) is 0 Å². The summed E-state index contributed by atoms with van der Waals surface area (Å²) in [6.45, 7) is 0. The number of hydroxylamine groups is 1. The third-order valence-corrected chi connectivity index (χ3v) is 6.70. The Morgan fingerprint density at radius 3 is 1.97 bits per heavy atom. The van der Waals surface area contributed by atoms with Gasteiger partial charge in [0.15, 0.2) is 9.84 Å². The van der Waals surface area contributed by atoms with Crippen LogP contribution in [0.1, 0.15) is 10.4 Å². The van der Waals surface area contributed by atoms with E-state index in [2.05, 4.69) is 5.32 Å². The van der Waals surface area contributed by atoms with Gasteiger partial charge in [0.2, 0.25) is 0 Å². The van der Waals surface area contributed by atoms with Crippen molar-refractivity contribution in [2.45, 2.75) is 10.9 Å². The molecule has 35 heavy (non-hydrogen) atoms. The van der Waals surface area contributed by atoms with Crippen molar-refractivity contribution in [1.82, 2.24) is 10.8 Å². The van der Waals surface area contributed by atoms with Crippen LogP contribution in [0.15, 0.2) is 77.7 Å². The van der Waals surface area contributed by atoms with E-state index in [0.29, 0.717) is 11.5 Å². The SMILES string of the molecule is COc1cccc(OC)c1C(=O)N[C@@H](CS(=O)(=O)c1ccc(Oc2ccccc2)cc1)C(=O)NO. The molecule has 2 amide bonds. The number of amides is 2. The maximum Gasteiger partial charge on any atom is 0.266 e. The fourth-order valence-corrected chi connectivity index (χ4v) is 4.64. The Bertz CT molecular complexity index is 1260. The maximum atomic E-state index is 13.0. The standard InChI is InChI=1S/C24H24N2O8S/c1-32-20-9-6-10-21(33-2)22(20)24(28)25-19(23(27)26-29)15-35(30,31)18-13-11-17(12-14-18)34-16-7-4-3-5-8-16/h3-14,19,29H,15H2,1-2H3,(H,25,28)(H,26,27)/t19-/m0/s1. The predicted octanol–water partition coefficient (Wildman–Crippen LogP) is 2.57. The average Bonchev–Trinajstić information content (AvgIpc) is 2.88. The van der Waals surface area contributed by atoms with Crippen LogP contribution in [0.3, 0.4) is 0 Å². The number of benzene rings is 3. The van der Waals surface area contributed by atoms with E-state index in [1.807, 2.05) is 6.07 Å². The Hall–Kier alpha value is -4.09. The zero-order valence-electron chi connectivity index (χ0n) is 18.9. The van der Waals surface area contributed by atoms with E-state index in [0.717, 1.165) is 0 Å². The molecule has 0 radical (unpaired) electrons. The monoisotopic (exact) mass is 500 g/mol. The molecule has 1 atom stereocenters. The first-order valence-electron chi connectivity index (χ1n) is 10.3. The van der Waals surface area contributed by atoms with Gasteiger partial charge in [-0.1, -0.05) is 24.3 Å². The molecule has 0 fully saturated rings. The fraction of sp³-hybridized carbons (Fsp3) is 0.167. The Labute approximate surface area is 202 Å². The number of rotatable bonds is 10. The molecule has 0 heterocycles. The molecule has 0 aliphatic carbocycles. The highest BCUT2D eigenvalue weighted by Gasteiger charge is 2.30. The van der Waals surface area contributed by atoms with E-state index in [1.54, 1.807) is 30.3 Å². The third kappa shape index (κ3) is 6.28. The van der Waals surface area contributed by atoms with Crippen molar-refractivity contribution in [2.24, 2.45) is 0 Å². The molecule has 0 aromatic heterocycles. The summed E-state index contributed by atoms with van der Waals surface area (Å²) in [5.74, 6) is -1.45. The smallest absolute Gasteiger partial charge is 0.266 e. The van der Waals surface area contributed by atoms with Crippen LogP contribution in [0.5, 0.6) is 23.0 Å². The Kier molecular flexibility index (Phi) is 8.29. The highest BCUT2D eigenvalue weighted by atomic mass is 32.2. The van der Waals surface area contributed by atoms with E-state index >= 15 is 0 Å². The topological polar surface area (TPSA) is 140 Å². The molecular weight excluding hydrogens is 476 g/mol. The number of ether oxygens (including phenoxy) is 3. The number of carbonyl (C=O) groups excluding carboxylic acids is 2. The van der Waals surface area contributed by atoms with E-state index in [9.17, 15) is 18.0 Å². The second-order valence-electron chi connectivity index (χ2n) is 7.21. The molecule has 0 saturated heterocycles. The minimum atomic E-state index is -4.07. The van der Waals surface area contributed by atoms with Gasteiger partial charge in [-0.2, -0.15) is 0 Å². The van der Waals surface area contributed by atoms with Crippen molar-refractivity contribution in [3.63, 3.8) is 0 Å². The van der Waals surface area contributed by atoms with Crippen molar-refractivity contribution < 1.29 is 37.4 Å². The lowest BCUT2D eigenvalue weighted by molar-refractivity contribution is -0.130. The molecule has 0 aliphatic heterocycles. The number of hydrogen-bond acceptors (Lipinski definition) is 8. The van der Waals surface area contributed by atoms with Crippen LogP contribution < -0.4 is 25.0 Å². The van der Waals surface area contributed by atoms with Gasteiger partial charge in [-0.25, -0.2) is 13.9 Å². The maximum absolute atomic E-state index is 13.0. The zero-order chi connectivity index (χ0) is 25.4. The van der Waals surface area contributed by atoms with Gasteiger partial charge in [0.1, 0.15) is 34.6 Å². The lowest BCUT2D eigenvalue weighted by Gasteiger charge is -2.19. The van der Waals surface area contributed by atoms with Crippen LogP contribution in [0, 0.1) is 0 Å². The van der Waals surface area contributed by atoms with Crippen LogP contribution in [0.4, 0.5) is 0 Å². The molecule has 10 nitrogen and oxygen atoms in total. The Balaban J connectivity index is 1.80. The van der Waals surface area contributed by atoms with Crippen LogP contribution in [-0.4, -0.2) is 51.5 Å². The number of carbonyl (C=O) groups is 2. The van der Waals surface area contributed by atoms with Crippen molar-refractivity contribution in [1.29, 1.82) is 0 Å². The van der Waals surface area contributed by atoms with E-state index in [4.69, 9.17) is 19.4 Å². The van der Waals surface area contributed by atoms with Crippen molar-refractivity contribution in [3.8, 4) is 23.0 Å². The van der Waals surface area contributed by atoms with Gasteiger partial charge in [0, 0.05) is 0 Å². The molecule has 0 spiro atoms. The van der Waals surface area contributed by atoms with E-state index in [1.165, 1.54) is 56.1 Å². The second kappa shape index (κ2) is 11.4. The summed E-state index contributed by atoms with van der Waals surface area (Å²) < 4.78 is 42.0. The predicted molar refractivity (Wildman–Crippen MR) is 126 cm³/mol. The molecule has 0 aliphatic rings. The zero-order valence-corrected chi connectivity index (χ0v) is 19.7. The summed E-state index contributed by atoms with van der Waals surface area (Å²) in [5.41, 5.74) is 1.35. The Morgan fingerprint density at radius 1 is 0.857 bits per heavy atom. The fourth-order valence-electron chi connectivity index (χ4n) is 3.22. The normalized spacial score (nSPS) is 11.7. The van der Waals surface area contributed by atoms with Crippen LogP contribution >= 0.6 is 0 Å². The van der Waals surface area contributed by atoms with Gasteiger partial charge >= 0.3 is 0 Å². The minimum Gasteiger partial charge on any atom is -0.496 e. The lowest BCUT2D eigenvalue weighted by atomic mass is 10.1. The van der Waals surface area contributed by atoms with E-state index in [-0.39, 0.29) is 22.0 Å². The van der Waals surface area contributed by atoms with E-state index < -0.39 is 33.4 Å². The number of nitrogens with one attached hydrogen (secondary N) is 2. The number of methoxy groups -OCH3 is 2. The summed E-state index contributed by atoms with van der Waals surface area (Å²) in [4.78, 5) is 25.1. The molecule has 0 unspecified atom stereocenters. The van der Waals surface area contributed by atoms with Crippen LogP contribution in [-0.2, 0) is 14.6 Å². The lowest BCUT2D eigenvalue weighted by Crippen LogP contribution is -2.49. The van der Waals surface area contributed by atoms with Gasteiger partial charge < -0.3 is 19.5 Å². The first-order valence-corrected chi connectivity index (χ1v) is 12.0. The van der Waals surface area contributed by atoms with Crippen molar-refractivity contribution >= 4 is 21.7 Å². The summed E-state index contributed by atoms with van der Waals surface area (Å²) >= 11 is 0. The van der Waals surface area contributed by atoms with Crippen molar-refractivity contribution in [3.05, 3.63) is 78.4 Å². The molecule has 11 heteroatoms. The molecule has 0 saturated carbocycles. The average molecular weight is 501 g/mol. The molecule has 0 bridgehead atoms. The first-order chi connectivity index (χ1) is 16.8. The first kappa shape index (κ1) is 25.5.